The van der Waals surface area contributed by atoms with Crippen molar-refractivity contribution in [3.05, 3.63) is 63.7 Å². The van der Waals surface area contributed by atoms with E-state index in [0.29, 0.717) is 16.5 Å². The van der Waals surface area contributed by atoms with Gasteiger partial charge in [0.05, 0.1) is 5.02 Å². The molecule has 0 amide bonds. The predicted octanol–water partition coefficient (Wildman–Crippen LogP) is 4.98. The first-order valence-electron chi connectivity index (χ1n) is 6.77. The first kappa shape index (κ1) is 16.0. The molecule has 0 bridgehead atoms. The first-order valence-corrected chi connectivity index (χ1v) is 7.15. The highest BCUT2D eigenvalue weighted by Gasteiger charge is 2.12. The summed E-state index contributed by atoms with van der Waals surface area (Å²) < 4.78 is 18.1. The zero-order chi connectivity index (χ0) is 16.3. The minimum Gasteiger partial charge on any atom is -0.508 e. The molecule has 2 aromatic carbocycles. The molecule has 3 nitrogen and oxygen atoms in total. The molecule has 114 valence electrons. The zero-order valence-electron chi connectivity index (χ0n) is 12.1. The summed E-state index contributed by atoms with van der Waals surface area (Å²) in [5, 5.41) is 10.2. The fraction of sp³-hybridized carbons (Fsp3) is 0.118. The van der Waals surface area contributed by atoms with Crippen LogP contribution in [0.1, 0.15) is 13.8 Å². The molecule has 0 aliphatic carbocycles. The minimum atomic E-state index is -0.571. The lowest BCUT2D eigenvalue weighted by atomic mass is 10.0. The standard InChI is InChI=1S/C15H8ClFO3.C2H6/c16-13-5-8(17)1-3-10(13)12-7-15(19)20-14-6-9(18)2-4-11(12)14;1-2/h1-7,18H;1-2H3. The molecule has 1 heterocycles. The molecule has 0 fully saturated rings. The lowest BCUT2D eigenvalue weighted by molar-refractivity contribution is 0.473. The van der Waals surface area contributed by atoms with E-state index < -0.39 is 11.4 Å². The van der Waals surface area contributed by atoms with Gasteiger partial charge in [-0.25, -0.2) is 9.18 Å². The van der Waals surface area contributed by atoms with Crippen molar-refractivity contribution in [2.75, 3.05) is 0 Å². The van der Waals surface area contributed by atoms with Crippen LogP contribution in [0.3, 0.4) is 0 Å². The van der Waals surface area contributed by atoms with Crippen molar-refractivity contribution in [2.45, 2.75) is 13.8 Å². The van der Waals surface area contributed by atoms with Crippen LogP contribution < -0.4 is 5.63 Å². The second kappa shape index (κ2) is 6.62. The maximum absolute atomic E-state index is 13.1. The van der Waals surface area contributed by atoms with Crippen LogP contribution in [0.15, 0.2) is 51.7 Å². The third kappa shape index (κ3) is 3.12. The predicted molar refractivity (Wildman–Crippen MR) is 85.9 cm³/mol. The Hall–Kier alpha value is -2.33. The smallest absolute Gasteiger partial charge is 0.336 e. The average molecular weight is 321 g/mol. The maximum atomic E-state index is 13.1. The van der Waals surface area contributed by atoms with E-state index in [2.05, 4.69) is 0 Å². The molecule has 3 aromatic rings. The molecule has 0 spiro atoms. The van der Waals surface area contributed by atoms with Gasteiger partial charge in [-0.05, 0) is 30.3 Å². The molecular formula is C17H14ClFO3. The van der Waals surface area contributed by atoms with Gasteiger partial charge >= 0.3 is 5.63 Å². The normalized spacial score (nSPS) is 10.2. The largest absolute Gasteiger partial charge is 0.508 e. The molecule has 1 N–H and O–H groups in total. The van der Waals surface area contributed by atoms with Crippen molar-refractivity contribution < 1.29 is 13.9 Å². The Labute approximate surface area is 131 Å². The van der Waals surface area contributed by atoms with Crippen LogP contribution in [0.5, 0.6) is 5.75 Å². The molecule has 0 aliphatic rings. The SMILES string of the molecule is CC.O=c1cc(-c2ccc(F)cc2Cl)c2ccc(O)cc2o1. The Balaban J connectivity index is 0.000000847. The number of rotatable bonds is 1. The molecule has 0 saturated carbocycles. The number of aromatic hydroxyl groups is 1. The van der Waals surface area contributed by atoms with Gasteiger partial charge in [-0.2, -0.15) is 0 Å². The number of hydrogen-bond acceptors (Lipinski definition) is 3. The number of benzene rings is 2. The Morgan fingerprint density at radius 1 is 1.05 bits per heavy atom. The van der Waals surface area contributed by atoms with E-state index in [1.54, 1.807) is 6.07 Å². The Morgan fingerprint density at radius 2 is 1.77 bits per heavy atom. The molecule has 3 rings (SSSR count). The zero-order valence-corrected chi connectivity index (χ0v) is 12.8. The highest BCUT2D eigenvalue weighted by Crippen LogP contribution is 2.33. The topological polar surface area (TPSA) is 50.4 Å². The second-order valence-electron chi connectivity index (χ2n) is 4.28. The third-order valence-electron chi connectivity index (χ3n) is 2.95. The summed E-state index contributed by atoms with van der Waals surface area (Å²) in [5.41, 5.74) is 0.726. The maximum Gasteiger partial charge on any atom is 0.336 e. The Kier molecular flexibility index (Phi) is 4.83. The molecule has 5 heteroatoms. The van der Waals surface area contributed by atoms with Crippen molar-refractivity contribution in [3.8, 4) is 16.9 Å². The number of fused-ring (bicyclic) bond motifs is 1. The van der Waals surface area contributed by atoms with Gasteiger partial charge in [0.1, 0.15) is 17.1 Å². The van der Waals surface area contributed by atoms with Crippen molar-refractivity contribution in [2.24, 2.45) is 0 Å². The third-order valence-corrected chi connectivity index (χ3v) is 3.26. The van der Waals surface area contributed by atoms with Crippen LogP contribution in [0, 0.1) is 5.82 Å². The summed E-state index contributed by atoms with van der Waals surface area (Å²) in [5.74, 6) is -0.466. The van der Waals surface area contributed by atoms with Crippen molar-refractivity contribution in [3.63, 3.8) is 0 Å². The molecule has 22 heavy (non-hydrogen) atoms. The first-order chi connectivity index (χ1) is 10.5. The summed E-state index contributed by atoms with van der Waals surface area (Å²) in [7, 11) is 0. The van der Waals surface area contributed by atoms with Crippen molar-refractivity contribution >= 4 is 22.6 Å². The van der Waals surface area contributed by atoms with Gasteiger partial charge in [0.15, 0.2) is 0 Å². The highest BCUT2D eigenvalue weighted by molar-refractivity contribution is 6.33. The number of halogens is 2. The Morgan fingerprint density at radius 3 is 2.45 bits per heavy atom. The second-order valence-corrected chi connectivity index (χ2v) is 4.69. The minimum absolute atomic E-state index is 0.0111. The summed E-state index contributed by atoms with van der Waals surface area (Å²) in [6.07, 6.45) is 0. The van der Waals surface area contributed by atoms with E-state index in [4.69, 9.17) is 16.0 Å². The van der Waals surface area contributed by atoms with E-state index in [0.717, 1.165) is 0 Å². The number of phenolic OH excluding ortho intramolecular Hbond substituents is 1. The molecule has 1 aromatic heterocycles. The lowest BCUT2D eigenvalue weighted by Crippen LogP contribution is -1.98. The van der Waals surface area contributed by atoms with Crippen molar-refractivity contribution in [1.82, 2.24) is 0 Å². The Bertz CT molecular complexity index is 871. The molecule has 0 radical (unpaired) electrons. The van der Waals surface area contributed by atoms with Gasteiger partial charge in [-0.15, -0.1) is 0 Å². The van der Waals surface area contributed by atoms with E-state index >= 15 is 0 Å². The van der Waals surface area contributed by atoms with E-state index in [-0.39, 0.29) is 16.4 Å². The van der Waals surface area contributed by atoms with Crippen LogP contribution in [-0.2, 0) is 0 Å². The van der Waals surface area contributed by atoms with Crippen LogP contribution in [0.2, 0.25) is 5.02 Å². The summed E-state index contributed by atoms with van der Waals surface area (Å²) in [6, 6.07) is 9.67. The van der Waals surface area contributed by atoms with Gasteiger partial charge in [-0.3, -0.25) is 0 Å². The van der Waals surface area contributed by atoms with Gasteiger partial charge in [0.2, 0.25) is 0 Å². The van der Waals surface area contributed by atoms with Gasteiger partial charge in [-0.1, -0.05) is 25.4 Å². The quantitative estimate of drug-likeness (QED) is 0.643. The monoisotopic (exact) mass is 320 g/mol. The molecule has 0 saturated heterocycles. The molecule has 0 atom stereocenters. The summed E-state index contributed by atoms with van der Waals surface area (Å²) in [4.78, 5) is 11.6. The van der Waals surface area contributed by atoms with Crippen LogP contribution in [0.4, 0.5) is 4.39 Å². The fourth-order valence-corrected chi connectivity index (χ4v) is 2.35. The average Bonchev–Trinajstić information content (AvgIpc) is 2.48. The van der Waals surface area contributed by atoms with E-state index in [1.807, 2.05) is 13.8 Å². The van der Waals surface area contributed by atoms with Crippen LogP contribution in [0.25, 0.3) is 22.1 Å². The fourth-order valence-electron chi connectivity index (χ4n) is 2.08. The van der Waals surface area contributed by atoms with Gasteiger partial charge < -0.3 is 9.52 Å². The number of phenols is 1. The van der Waals surface area contributed by atoms with Crippen molar-refractivity contribution in [1.29, 1.82) is 0 Å². The van der Waals surface area contributed by atoms with Crippen LogP contribution in [-0.4, -0.2) is 5.11 Å². The van der Waals surface area contributed by atoms with Gasteiger partial charge in [0, 0.05) is 28.6 Å². The lowest BCUT2D eigenvalue weighted by Gasteiger charge is -2.08. The van der Waals surface area contributed by atoms with E-state index in [1.165, 1.54) is 36.4 Å². The highest BCUT2D eigenvalue weighted by atomic mass is 35.5. The van der Waals surface area contributed by atoms with Gasteiger partial charge in [0.25, 0.3) is 0 Å². The molecule has 0 unspecified atom stereocenters. The molecule has 0 aliphatic heterocycles. The number of hydrogen-bond donors (Lipinski definition) is 1. The van der Waals surface area contributed by atoms with E-state index in [9.17, 15) is 14.3 Å². The van der Waals surface area contributed by atoms with Crippen LogP contribution >= 0.6 is 11.6 Å². The summed E-state index contributed by atoms with van der Waals surface area (Å²) >= 11 is 6.03. The molecular weight excluding hydrogens is 307 g/mol. The summed E-state index contributed by atoms with van der Waals surface area (Å²) in [6.45, 7) is 4.00.